The molecule has 0 N–H and O–H groups in total. The summed E-state index contributed by atoms with van der Waals surface area (Å²) in [5.41, 5.74) is 0. The Bertz CT molecular complexity index is 99.4. The van der Waals surface area contributed by atoms with Crippen molar-refractivity contribution in [2.24, 2.45) is 0 Å². The van der Waals surface area contributed by atoms with E-state index in [4.69, 9.17) is 9.47 Å². The van der Waals surface area contributed by atoms with Crippen molar-refractivity contribution in [2.45, 2.75) is 19.6 Å². The molecule has 1 unspecified atom stereocenters. The molecule has 1 atom stereocenters. The second-order valence-electron chi connectivity index (χ2n) is 1.76. The first kappa shape index (κ1) is 9.24. The molecule has 0 rings (SSSR count). The lowest BCUT2D eigenvalue weighted by molar-refractivity contribution is -0.0971. The van der Waals surface area contributed by atoms with Crippen LogP contribution < -0.4 is 0 Å². The smallest absolute Gasteiger partial charge is 0.198 e. The maximum Gasteiger partial charge on any atom is 0.198 e. The van der Waals surface area contributed by atoms with Crippen LogP contribution >= 0.6 is 0 Å². The second-order valence-corrected chi connectivity index (χ2v) is 1.76. The minimum atomic E-state index is -0.171. The van der Waals surface area contributed by atoms with Crippen molar-refractivity contribution >= 4 is 0 Å². The predicted octanol–water partition coefficient (Wildman–Crippen LogP) is 2.09. The van der Waals surface area contributed by atoms with Crippen molar-refractivity contribution in [3.63, 3.8) is 0 Å². The Balaban J connectivity index is 3.38. The Hall–Kier alpha value is -0.760. The minimum absolute atomic E-state index is 0.171. The number of ether oxygens (including phenoxy) is 2. The highest BCUT2D eigenvalue weighted by Crippen LogP contribution is 1.99. The molecule has 0 aliphatic heterocycles. The highest BCUT2D eigenvalue weighted by Gasteiger charge is 2.01. The van der Waals surface area contributed by atoms with E-state index in [2.05, 4.69) is 13.2 Å². The summed E-state index contributed by atoms with van der Waals surface area (Å²) in [5, 5.41) is 0. The van der Waals surface area contributed by atoms with Crippen LogP contribution in [0.5, 0.6) is 0 Å². The van der Waals surface area contributed by atoms with Gasteiger partial charge in [0.25, 0.3) is 0 Å². The van der Waals surface area contributed by atoms with Crippen LogP contribution in [0.2, 0.25) is 0 Å². The molecule has 0 aromatic carbocycles. The van der Waals surface area contributed by atoms with E-state index in [9.17, 15) is 0 Å². The topological polar surface area (TPSA) is 18.5 Å². The standard InChI is InChI=1S/C8H14O2/c1-4-7-10-8(5-2)9-6-3/h4,6,8H,1,3,5,7H2,2H3. The molecule has 0 heterocycles. The Kier molecular flexibility index (Phi) is 5.88. The van der Waals surface area contributed by atoms with Gasteiger partial charge in [0.1, 0.15) is 0 Å². The summed E-state index contributed by atoms with van der Waals surface area (Å²) in [4.78, 5) is 0. The third kappa shape index (κ3) is 4.15. The van der Waals surface area contributed by atoms with E-state index < -0.39 is 0 Å². The Morgan fingerprint density at radius 2 is 2.20 bits per heavy atom. The molecular formula is C8H14O2. The zero-order chi connectivity index (χ0) is 7.82. The monoisotopic (exact) mass is 142 g/mol. The minimum Gasteiger partial charge on any atom is -0.473 e. The lowest BCUT2D eigenvalue weighted by Gasteiger charge is -2.13. The molecule has 2 heteroatoms. The molecule has 10 heavy (non-hydrogen) atoms. The van der Waals surface area contributed by atoms with Gasteiger partial charge in [-0.1, -0.05) is 19.6 Å². The van der Waals surface area contributed by atoms with Gasteiger partial charge in [-0.2, -0.15) is 0 Å². The van der Waals surface area contributed by atoms with E-state index in [-0.39, 0.29) is 6.29 Å². The molecule has 0 saturated carbocycles. The molecule has 0 bridgehead atoms. The van der Waals surface area contributed by atoms with Crippen molar-refractivity contribution < 1.29 is 9.47 Å². The van der Waals surface area contributed by atoms with E-state index in [1.165, 1.54) is 6.26 Å². The summed E-state index contributed by atoms with van der Waals surface area (Å²) >= 11 is 0. The highest BCUT2D eigenvalue weighted by atomic mass is 16.7. The predicted molar refractivity (Wildman–Crippen MR) is 41.5 cm³/mol. The fourth-order valence-corrected chi connectivity index (χ4v) is 0.536. The van der Waals surface area contributed by atoms with Crippen molar-refractivity contribution in [2.75, 3.05) is 6.61 Å². The van der Waals surface area contributed by atoms with Gasteiger partial charge in [-0.25, -0.2) is 0 Å². The molecule has 0 saturated heterocycles. The van der Waals surface area contributed by atoms with Gasteiger partial charge in [0, 0.05) is 6.42 Å². The summed E-state index contributed by atoms with van der Waals surface area (Å²) in [6.45, 7) is 9.45. The molecule has 0 amide bonds. The number of hydrogen-bond donors (Lipinski definition) is 0. The Morgan fingerprint density at radius 3 is 2.60 bits per heavy atom. The average molecular weight is 142 g/mol. The molecule has 0 aliphatic rings. The van der Waals surface area contributed by atoms with Crippen molar-refractivity contribution in [3.05, 3.63) is 25.5 Å². The first-order valence-corrected chi connectivity index (χ1v) is 3.34. The maximum absolute atomic E-state index is 5.17. The Labute approximate surface area is 62.1 Å². The van der Waals surface area contributed by atoms with Crippen LogP contribution in [0.15, 0.2) is 25.5 Å². The van der Waals surface area contributed by atoms with Gasteiger partial charge in [-0.3, -0.25) is 0 Å². The van der Waals surface area contributed by atoms with Crippen LogP contribution in [0.1, 0.15) is 13.3 Å². The van der Waals surface area contributed by atoms with Gasteiger partial charge in [0.05, 0.1) is 12.9 Å². The van der Waals surface area contributed by atoms with E-state index in [0.29, 0.717) is 6.61 Å². The lowest BCUT2D eigenvalue weighted by atomic mass is 10.5. The highest BCUT2D eigenvalue weighted by molar-refractivity contribution is 4.64. The molecule has 58 valence electrons. The van der Waals surface area contributed by atoms with Crippen LogP contribution in [0.3, 0.4) is 0 Å². The van der Waals surface area contributed by atoms with Gasteiger partial charge < -0.3 is 9.47 Å². The Morgan fingerprint density at radius 1 is 1.50 bits per heavy atom. The normalized spacial score (nSPS) is 12.1. The molecule has 0 aliphatic carbocycles. The van der Waals surface area contributed by atoms with Gasteiger partial charge in [0.15, 0.2) is 6.29 Å². The van der Waals surface area contributed by atoms with Crippen molar-refractivity contribution in [1.29, 1.82) is 0 Å². The van der Waals surface area contributed by atoms with Gasteiger partial charge in [-0.15, -0.1) is 6.58 Å². The van der Waals surface area contributed by atoms with E-state index >= 15 is 0 Å². The summed E-state index contributed by atoms with van der Waals surface area (Å²) in [6.07, 6.45) is 3.72. The lowest BCUT2D eigenvalue weighted by Crippen LogP contribution is -2.12. The summed E-state index contributed by atoms with van der Waals surface area (Å²) < 4.78 is 10.2. The first-order valence-electron chi connectivity index (χ1n) is 3.34. The zero-order valence-electron chi connectivity index (χ0n) is 6.38. The van der Waals surface area contributed by atoms with Gasteiger partial charge in [0.2, 0.25) is 0 Å². The molecular weight excluding hydrogens is 128 g/mol. The molecule has 0 spiro atoms. The summed E-state index contributed by atoms with van der Waals surface area (Å²) in [7, 11) is 0. The fraction of sp³-hybridized carbons (Fsp3) is 0.500. The number of rotatable bonds is 6. The maximum atomic E-state index is 5.17. The molecule has 0 aromatic rings. The second kappa shape index (κ2) is 6.36. The quantitative estimate of drug-likeness (QED) is 0.321. The summed E-state index contributed by atoms with van der Waals surface area (Å²) in [5.74, 6) is 0. The zero-order valence-corrected chi connectivity index (χ0v) is 6.38. The SMILES string of the molecule is C=CCOC(CC)OC=C. The molecule has 0 aromatic heterocycles. The largest absolute Gasteiger partial charge is 0.473 e. The molecule has 0 radical (unpaired) electrons. The summed E-state index contributed by atoms with van der Waals surface area (Å²) in [6, 6.07) is 0. The average Bonchev–Trinajstić information content (AvgIpc) is 1.98. The third-order valence-electron chi connectivity index (χ3n) is 0.981. The van der Waals surface area contributed by atoms with Crippen LogP contribution in [0, 0.1) is 0 Å². The molecule has 2 nitrogen and oxygen atoms in total. The van der Waals surface area contributed by atoms with Crippen LogP contribution in [0.4, 0.5) is 0 Å². The van der Waals surface area contributed by atoms with E-state index in [1.807, 2.05) is 6.92 Å². The van der Waals surface area contributed by atoms with E-state index in [0.717, 1.165) is 6.42 Å². The van der Waals surface area contributed by atoms with Gasteiger partial charge in [-0.05, 0) is 0 Å². The van der Waals surface area contributed by atoms with Crippen LogP contribution in [-0.4, -0.2) is 12.9 Å². The van der Waals surface area contributed by atoms with Crippen LogP contribution in [-0.2, 0) is 9.47 Å². The van der Waals surface area contributed by atoms with E-state index in [1.54, 1.807) is 6.08 Å². The molecule has 0 fully saturated rings. The van der Waals surface area contributed by atoms with Gasteiger partial charge >= 0.3 is 0 Å². The van der Waals surface area contributed by atoms with Crippen LogP contribution in [0.25, 0.3) is 0 Å². The van der Waals surface area contributed by atoms with Crippen molar-refractivity contribution in [3.8, 4) is 0 Å². The third-order valence-corrected chi connectivity index (χ3v) is 0.981. The fourth-order valence-electron chi connectivity index (χ4n) is 0.536. The number of hydrogen-bond acceptors (Lipinski definition) is 2. The first-order chi connectivity index (χ1) is 4.85. The van der Waals surface area contributed by atoms with Crippen molar-refractivity contribution in [1.82, 2.24) is 0 Å².